The van der Waals surface area contributed by atoms with Crippen molar-refractivity contribution in [2.45, 2.75) is 38.6 Å². The Hall–Kier alpha value is -2.93. The third-order valence-electron chi connectivity index (χ3n) is 6.23. The Balaban J connectivity index is 1.65. The van der Waals surface area contributed by atoms with Crippen LogP contribution in [-0.4, -0.2) is 37.9 Å². The number of amidine groups is 1. The number of aliphatic imine (C=N–C) groups is 1. The molecule has 168 valence electrons. The number of nitrogens with zero attached hydrogens (tertiary/aromatic N) is 2. The Kier molecular flexibility index (Phi) is 5.95. The van der Waals surface area contributed by atoms with Crippen LogP contribution in [0.15, 0.2) is 46.3 Å². The normalized spacial score (nSPS) is 22.1. The molecule has 1 atom stereocenters. The number of rotatable bonds is 4. The molecule has 2 heterocycles. The summed E-state index contributed by atoms with van der Waals surface area (Å²) in [6, 6.07) is 11.6. The number of thioether (sulfide) groups is 1. The zero-order valence-electron chi connectivity index (χ0n) is 19.4. The Morgan fingerprint density at radius 1 is 1.19 bits per heavy atom. The van der Waals surface area contributed by atoms with Crippen LogP contribution >= 0.6 is 11.8 Å². The van der Waals surface area contributed by atoms with Crippen LogP contribution in [-0.2, 0) is 4.79 Å². The molecule has 0 bridgehead atoms. The second-order valence-corrected chi connectivity index (χ2v) is 9.84. The molecule has 1 amide bonds. The molecule has 1 N–H and O–H groups in total. The fraction of sp³-hybridized carbons (Fsp3) is 0.360. The van der Waals surface area contributed by atoms with Crippen molar-refractivity contribution in [3.63, 3.8) is 0 Å². The van der Waals surface area contributed by atoms with Gasteiger partial charge in [-0.3, -0.25) is 4.79 Å². The van der Waals surface area contributed by atoms with Crippen LogP contribution in [0.5, 0.6) is 11.5 Å². The molecular formula is C25H29N3O3S. The number of carbonyl (C=O) groups is 1. The van der Waals surface area contributed by atoms with Crippen molar-refractivity contribution in [1.82, 2.24) is 5.32 Å². The van der Waals surface area contributed by atoms with Crippen LogP contribution in [0.3, 0.4) is 0 Å². The van der Waals surface area contributed by atoms with E-state index < -0.39 is 0 Å². The molecule has 1 saturated heterocycles. The first-order chi connectivity index (χ1) is 15.2. The summed E-state index contributed by atoms with van der Waals surface area (Å²) >= 11 is 1.33. The Morgan fingerprint density at radius 3 is 2.56 bits per heavy atom. The predicted molar refractivity (Wildman–Crippen MR) is 132 cm³/mol. The van der Waals surface area contributed by atoms with E-state index in [-0.39, 0.29) is 11.4 Å². The second-order valence-electron chi connectivity index (χ2n) is 8.81. The summed E-state index contributed by atoms with van der Waals surface area (Å²) in [5.74, 6) is 1.77. The first kappa shape index (κ1) is 22.3. The first-order valence-corrected chi connectivity index (χ1v) is 11.4. The van der Waals surface area contributed by atoms with Gasteiger partial charge in [0.2, 0.25) is 0 Å². The van der Waals surface area contributed by atoms with E-state index in [9.17, 15) is 4.79 Å². The lowest BCUT2D eigenvalue weighted by Gasteiger charge is -2.45. The van der Waals surface area contributed by atoms with Gasteiger partial charge in [-0.25, -0.2) is 4.99 Å². The molecule has 4 rings (SSSR count). The molecule has 2 aromatic rings. The maximum atomic E-state index is 12.6. The molecule has 2 aliphatic heterocycles. The SMILES string of the molecule is COc1ccc(N=C2NC(=O)/C(=C\c3cc4c(cc3OC)N(C)C(C)(C)CC4C)S2)cc1. The fourth-order valence-corrected chi connectivity index (χ4v) is 5.13. The van der Waals surface area contributed by atoms with Crippen molar-refractivity contribution >= 4 is 40.3 Å². The molecule has 0 radical (unpaired) electrons. The van der Waals surface area contributed by atoms with Crippen molar-refractivity contribution in [2.24, 2.45) is 4.99 Å². The van der Waals surface area contributed by atoms with E-state index in [4.69, 9.17) is 9.47 Å². The van der Waals surface area contributed by atoms with Gasteiger partial charge in [0, 0.05) is 29.9 Å². The molecule has 0 saturated carbocycles. The maximum Gasteiger partial charge on any atom is 0.264 e. The smallest absolute Gasteiger partial charge is 0.264 e. The van der Waals surface area contributed by atoms with E-state index in [1.165, 1.54) is 23.0 Å². The second kappa shape index (κ2) is 8.54. The highest BCUT2D eigenvalue weighted by molar-refractivity contribution is 8.18. The molecule has 0 aromatic heterocycles. The minimum absolute atomic E-state index is 0.0748. The highest BCUT2D eigenvalue weighted by Gasteiger charge is 2.35. The van der Waals surface area contributed by atoms with Crippen LogP contribution in [0.4, 0.5) is 11.4 Å². The quantitative estimate of drug-likeness (QED) is 0.638. The van der Waals surface area contributed by atoms with Crippen molar-refractivity contribution in [1.29, 1.82) is 0 Å². The summed E-state index contributed by atoms with van der Waals surface area (Å²) in [5.41, 5.74) is 4.18. The highest BCUT2D eigenvalue weighted by Crippen LogP contribution is 2.45. The molecule has 0 spiro atoms. The predicted octanol–water partition coefficient (Wildman–Crippen LogP) is 5.32. The third-order valence-corrected chi connectivity index (χ3v) is 7.14. The van der Waals surface area contributed by atoms with Gasteiger partial charge >= 0.3 is 0 Å². The average molecular weight is 452 g/mol. The van der Waals surface area contributed by atoms with Gasteiger partial charge in [-0.15, -0.1) is 0 Å². The van der Waals surface area contributed by atoms with Gasteiger partial charge in [0.15, 0.2) is 5.17 Å². The van der Waals surface area contributed by atoms with E-state index >= 15 is 0 Å². The Bertz CT molecular complexity index is 1110. The largest absolute Gasteiger partial charge is 0.497 e. The topological polar surface area (TPSA) is 63.2 Å². The van der Waals surface area contributed by atoms with Crippen molar-refractivity contribution in [2.75, 3.05) is 26.2 Å². The van der Waals surface area contributed by atoms with Gasteiger partial charge in [0.25, 0.3) is 5.91 Å². The van der Waals surface area contributed by atoms with Crippen LogP contribution in [0.25, 0.3) is 6.08 Å². The fourth-order valence-electron chi connectivity index (χ4n) is 4.30. The van der Waals surface area contributed by atoms with Crippen LogP contribution < -0.4 is 19.7 Å². The standard InChI is InChI=1S/C25H29N3O3S/c1-15-14-25(2,3)28(4)20-13-21(31-6)16(11-19(15)20)12-22-23(29)27-24(32-22)26-17-7-9-18(30-5)10-8-17/h7-13,15H,14H2,1-6H3,(H,26,27,29)/b22-12+. The summed E-state index contributed by atoms with van der Waals surface area (Å²) < 4.78 is 10.9. The zero-order valence-corrected chi connectivity index (χ0v) is 20.2. The third kappa shape index (κ3) is 4.21. The molecule has 1 unspecified atom stereocenters. The van der Waals surface area contributed by atoms with Crippen LogP contribution in [0.1, 0.15) is 44.2 Å². The molecule has 2 aliphatic rings. The van der Waals surface area contributed by atoms with E-state index in [1.54, 1.807) is 14.2 Å². The van der Waals surface area contributed by atoms with Crippen molar-refractivity contribution in [3.05, 3.63) is 52.4 Å². The molecule has 1 fully saturated rings. The van der Waals surface area contributed by atoms with Gasteiger partial charge in [-0.1, -0.05) is 6.92 Å². The minimum atomic E-state index is -0.159. The number of methoxy groups -OCH3 is 2. The van der Waals surface area contributed by atoms with Gasteiger partial charge < -0.3 is 19.7 Å². The number of hydrogen-bond acceptors (Lipinski definition) is 6. The molecule has 2 aromatic carbocycles. The van der Waals surface area contributed by atoms with E-state index in [0.29, 0.717) is 16.0 Å². The van der Waals surface area contributed by atoms with E-state index in [0.717, 1.165) is 29.2 Å². The van der Waals surface area contributed by atoms with Crippen LogP contribution in [0, 0.1) is 0 Å². The summed E-state index contributed by atoms with van der Waals surface area (Å²) in [5, 5.41) is 3.41. The van der Waals surface area contributed by atoms with Gasteiger partial charge in [0.1, 0.15) is 11.5 Å². The molecule has 6 nitrogen and oxygen atoms in total. The number of carbonyl (C=O) groups excluding carboxylic acids is 1. The number of nitrogens with one attached hydrogen (secondary N) is 1. The molecule has 0 aliphatic carbocycles. The lowest BCUT2D eigenvalue weighted by molar-refractivity contribution is -0.115. The molecular weight excluding hydrogens is 422 g/mol. The summed E-state index contributed by atoms with van der Waals surface area (Å²) in [6.07, 6.45) is 2.95. The molecule has 32 heavy (non-hydrogen) atoms. The number of anilines is 1. The number of fused-ring (bicyclic) bond motifs is 1. The summed E-state index contributed by atoms with van der Waals surface area (Å²) in [6.45, 7) is 6.78. The van der Waals surface area contributed by atoms with Gasteiger partial charge in [0.05, 0.1) is 24.8 Å². The highest BCUT2D eigenvalue weighted by atomic mass is 32.2. The Morgan fingerprint density at radius 2 is 1.91 bits per heavy atom. The maximum absolute atomic E-state index is 12.6. The van der Waals surface area contributed by atoms with Crippen molar-refractivity contribution in [3.8, 4) is 11.5 Å². The van der Waals surface area contributed by atoms with E-state index in [1.807, 2.05) is 30.3 Å². The van der Waals surface area contributed by atoms with Gasteiger partial charge in [-0.2, -0.15) is 0 Å². The first-order valence-electron chi connectivity index (χ1n) is 10.6. The number of amides is 1. The zero-order chi connectivity index (χ0) is 23.0. The number of ether oxygens (including phenoxy) is 2. The number of benzene rings is 2. The Labute approximate surface area is 193 Å². The molecule has 7 heteroatoms. The summed E-state index contributed by atoms with van der Waals surface area (Å²) in [4.78, 5) is 20.1. The van der Waals surface area contributed by atoms with Crippen molar-refractivity contribution < 1.29 is 14.3 Å². The van der Waals surface area contributed by atoms with Gasteiger partial charge in [-0.05, 0) is 79.9 Å². The van der Waals surface area contributed by atoms with Crippen LogP contribution in [0.2, 0.25) is 0 Å². The van der Waals surface area contributed by atoms with E-state index in [2.05, 4.69) is 55.2 Å². The monoisotopic (exact) mass is 451 g/mol. The lowest BCUT2D eigenvalue weighted by atomic mass is 9.80. The average Bonchev–Trinajstić information content (AvgIpc) is 3.10. The lowest BCUT2D eigenvalue weighted by Crippen LogP contribution is -2.45. The summed E-state index contributed by atoms with van der Waals surface area (Å²) in [7, 11) is 5.42. The minimum Gasteiger partial charge on any atom is -0.497 e. The number of hydrogen-bond donors (Lipinski definition) is 1.